The quantitative estimate of drug-likeness (QED) is 0.480. The van der Waals surface area contributed by atoms with E-state index in [4.69, 9.17) is 5.73 Å². The number of halogens is 2. The van der Waals surface area contributed by atoms with Gasteiger partial charge in [0.15, 0.2) is 0 Å². The molecule has 164 valence electrons. The lowest BCUT2D eigenvalue weighted by Crippen LogP contribution is -2.18. The summed E-state index contributed by atoms with van der Waals surface area (Å²) in [5, 5.41) is 3.57. The molecule has 0 bridgehead atoms. The van der Waals surface area contributed by atoms with Gasteiger partial charge in [-0.05, 0) is 42.8 Å². The molecule has 2 heterocycles. The van der Waals surface area contributed by atoms with Crippen LogP contribution in [0.3, 0.4) is 0 Å². The molecule has 0 unspecified atom stereocenters. The lowest BCUT2D eigenvalue weighted by atomic mass is 10.1. The van der Waals surface area contributed by atoms with Gasteiger partial charge in [0.05, 0.1) is 11.1 Å². The predicted molar refractivity (Wildman–Crippen MR) is 118 cm³/mol. The molecule has 4 rings (SSSR count). The van der Waals surface area contributed by atoms with Crippen LogP contribution in [-0.4, -0.2) is 39.5 Å². The molecule has 0 fully saturated rings. The summed E-state index contributed by atoms with van der Waals surface area (Å²) in [4.78, 5) is 26.9. The highest BCUT2D eigenvalue weighted by molar-refractivity contribution is 6.06. The summed E-state index contributed by atoms with van der Waals surface area (Å²) in [6.45, 7) is 2.08. The smallest absolute Gasteiger partial charge is 0.249 e. The highest BCUT2D eigenvalue weighted by Gasteiger charge is 2.19. The molecule has 8 nitrogen and oxygen atoms in total. The molecule has 4 aromatic rings. The topological polar surface area (TPSA) is 102 Å². The second kappa shape index (κ2) is 8.22. The number of benzene rings is 2. The van der Waals surface area contributed by atoms with Crippen LogP contribution in [0.5, 0.6) is 0 Å². The number of rotatable bonds is 6. The van der Waals surface area contributed by atoms with Crippen LogP contribution < -0.4 is 16.0 Å². The van der Waals surface area contributed by atoms with E-state index in [-0.39, 0.29) is 23.3 Å². The summed E-state index contributed by atoms with van der Waals surface area (Å²) in [5.41, 5.74) is 7.32. The van der Waals surface area contributed by atoms with E-state index in [1.807, 2.05) is 0 Å². The number of aryl methyl sites for hydroxylation is 1. The fourth-order valence-corrected chi connectivity index (χ4v) is 3.43. The van der Waals surface area contributed by atoms with E-state index >= 15 is 0 Å². The summed E-state index contributed by atoms with van der Waals surface area (Å²) in [6, 6.07) is 10.3. The normalized spacial score (nSPS) is 11.0. The van der Waals surface area contributed by atoms with Crippen LogP contribution >= 0.6 is 0 Å². The molecule has 0 radical (unpaired) electrons. The summed E-state index contributed by atoms with van der Waals surface area (Å²) in [7, 11) is 3.56. The first-order valence-corrected chi connectivity index (χ1v) is 9.76. The van der Waals surface area contributed by atoms with Crippen molar-refractivity contribution in [3.05, 3.63) is 70.9 Å². The van der Waals surface area contributed by atoms with Crippen molar-refractivity contribution in [2.24, 2.45) is 5.73 Å². The Labute approximate surface area is 182 Å². The molecule has 2 aromatic heterocycles. The van der Waals surface area contributed by atoms with Gasteiger partial charge < -0.3 is 16.0 Å². The molecule has 0 spiro atoms. The zero-order valence-corrected chi connectivity index (χ0v) is 17.7. The first-order valence-electron chi connectivity index (χ1n) is 9.76. The van der Waals surface area contributed by atoms with Crippen LogP contribution in [0.2, 0.25) is 0 Å². The lowest BCUT2D eigenvalue weighted by molar-refractivity contribution is 0.100. The minimum atomic E-state index is -0.728. The maximum absolute atomic E-state index is 14.3. The third-order valence-corrected chi connectivity index (χ3v) is 4.89. The molecule has 2 aromatic carbocycles. The van der Waals surface area contributed by atoms with Crippen LogP contribution in [0.25, 0.3) is 16.9 Å². The number of primary amides is 1. The van der Waals surface area contributed by atoms with Crippen LogP contribution in [-0.2, 0) is 6.54 Å². The van der Waals surface area contributed by atoms with Gasteiger partial charge in [-0.1, -0.05) is 12.1 Å². The van der Waals surface area contributed by atoms with Crippen LogP contribution in [0.4, 0.5) is 20.7 Å². The Hall–Kier alpha value is -4.08. The van der Waals surface area contributed by atoms with Gasteiger partial charge in [-0.15, -0.1) is 0 Å². The maximum atomic E-state index is 14.3. The third kappa shape index (κ3) is 4.07. The van der Waals surface area contributed by atoms with Gasteiger partial charge in [0.2, 0.25) is 23.8 Å². The minimum Gasteiger partial charge on any atom is -0.366 e. The van der Waals surface area contributed by atoms with Gasteiger partial charge in [-0.2, -0.15) is 15.0 Å². The average Bonchev–Trinajstić information content (AvgIpc) is 3.06. The minimum absolute atomic E-state index is 0.0770. The van der Waals surface area contributed by atoms with Crippen molar-refractivity contribution in [3.8, 4) is 5.95 Å². The number of hydrogen-bond acceptors (Lipinski definition) is 6. The SMILES string of the molecule is Cc1cc2c(C(N)=O)cc(F)cc2n1-c1nc(NCc2cccc(F)c2)nc(N(C)C)n1. The van der Waals surface area contributed by atoms with E-state index in [0.717, 1.165) is 6.07 Å². The van der Waals surface area contributed by atoms with Crippen molar-refractivity contribution < 1.29 is 13.6 Å². The second-order valence-corrected chi connectivity index (χ2v) is 7.51. The number of carbonyl (C=O) groups excluding carboxylic acids is 1. The van der Waals surface area contributed by atoms with E-state index < -0.39 is 11.7 Å². The molecule has 32 heavy (non-hydrogen) atoms. The monoisotopic (exact) mass is 437 g/mol. The number of aromatic nitrogens is 4. The fraction of sp³-hybridized carbons (Fsp3) is 0.182. The van der Waals surface area contributed by atoms with E-state index in [1.165, 1.54) is 18.2 Å². The van der Waals surface area contributed by atoms with Crippen molar-refractivity contribution in [2.75, 3.05) is 24.3 Å². The summed E-state index contributed by atoms with van der Waals surface area (Å²) in [6.07, 6.45) is 0. The standard InChI is InChI=1S/C22H21F2N7O/c1-12-7-16-17(19(25)32)9-15(24)10-18(16)31(12)22-28-20(27-21(29-22)30(2)3)26-11-13-5-4-6-14(23)8-13/h4-10H,11H2,1-3H3,(H2,25,32)(H,26,27,28,29). The van der Waals surface area contributed by atoms with Crippen molar-refractivity contribution in [1.82, 2.24) is 19.5 Å². The Morgan fingerprint density at radius 2 is 1.88 bits per heavy atom. The van der Waals surface area contributed by atoms with E-state index in [9.17, 15) is 13.6 Å². The summed E-state index contributed by atoms with van der Waals surface area (Å²) >= 11 is 0. The Bertz CT molecular complexity index is 1330. The van der Waals surface area contributed by atoms with Crippen LogP contribution in [0.1, 0.15) is 21.6 Å². The van der Waals surface area contributed by atoms with Crippen LogP contribution in [0.15, 0.2) is 42.5 Å². The van der Waals surface area contributed by atoms with Crippen molar-refractivity contribution in [1.29, 1.82) is 0 Å². The van der Waals surface area contributed by atoms with Gasteiger partial charge in [-0.25, -0.2) is 8.78 Å². The number of nitrogens with zero attached hydrogens (tertiary/aromatic N) is 5. The number of amides is 1. The zero-order chi connectivity index (χ0) is 23.0. The maximum Gasteiger partial charge on any atom is 0.249 e. The first-order chi connectivity index (χ1) is 15.2. The number of nitrogens with two attached hydrogens (primary N) is 1. The average molecular weight is 437 g/mol. The number of carbonyl (C=O) groups is 1. The molecule has 0 saturated carbocycles. The summed E-state index contributed by atoms with van der Waals surface area (Å²) < 4.78 is 29.4. The molecule has 0 saturated heterocycles. The molecule has 0 aliphatic heterocycles. The zero-order valence-electron chi connectivity index (χ0n) is 17.7. The fourth-order valence-electron chi connectivity index (χ4n) is 3.43. The number of fused-ring (bicyclic) bond motifs is 1. The highest BCUT2D eigenvalue weighted by atomic mass is 19.1. The van der Waals surface area contributed by atoms with Crippen molar-refractivity contribution in [3.63, 3.8) is 0 Å². The lowest BCUT2D eigenvalue weighted by Gasteiger charge is -2.15. The molecular formula is C22H21F2N7O. The predicted octanol–water partition coefficient (Wildman–Crippen LogP) is 3.18. The Morgan fingerprint density at radius 1 is 1.09 bits per heavy atom. The van der Waals surface area contributed by atoms with Gasteiger partial charge in [0.25, 0.3) is 0 Å². The van der Waals surface area contributed by atoms with Gasteiger partial charge in [0, 0.05) is 31.7 Å². The highest BCUT2D eigenvalue weighted by Crippen LogP contribution is 2.27. The third-order valence-electron chi connectivity index (χ3n) is 4.89. The first kappa shape index (κ1) is 21.2. The van der Waals surface area contributed by atoms with Gasteiger partial charge in [0.1, 0.15) is 11.6 Å². The van der Waals surface area contributed by atoms with E-state index in [1.54, 1.807) is 48.7 Å². The van der Waals surface area contributed by atoms with Crippen LogP contribution in [0, 0.1) is 18.6 Å². The molecular weight excluding hydrogens is 416 g/mol. The van der Waals surface area contributed by atoms with Gasteiger partial charge in [-0.3, -0.25) is 9.36 Å². The Kier molecular flexibility index (Phi) is 5.43. The van der Waals surface area contributed by atoms with E-state index in [2.05, 4.69) is 20.3 Å². The van der Waals surface area contributed by atoms with Crippen molar-refractivity contribution >= 4 is 28.7 Å². The van der Waals surface area contributed by atoms with Crippen molar-refractivity contribution in [2.45, 2.75) is 13.5 Å². The number of nitrogens with one attached hydrogen (secondary N) is 1. The van der Waals surface area contributed by atoms with E-state index in [0.29, 0.717) is 34.7 Å². The van der Waals surface area contributed by atoms with Gasteiger partial charge >= 0.3 is 0 Å². The molecule has 0 atom stereocenters. The summed E-state index contributed by atoms with van der Waals surface area (Å²) in [5.74, 6) is -0.804. The second-order valence-electron chi connectivity index (χ2n) is 7.51. The largest absolute Gasteiger partial charge is 0.366 e. The Morgan fingerprint density at radius 3 is 2.56 bits per heavy atom. The number of hydrogen-bond donors (Lipinski definition) is 2. The molecule has 3 N–H and O–H groups in total. The Balaban J connectivity index is 1.82. The molecule has 0 aliphatic carbocycles. The number of anilines is 2. The molecule has 1 amide bonds. The molecule has 10 heteroatoms. The molecule has 0 aliphatic rings.